The van der Waals surface area contributed by atoms with E-state index in [1.165, 1.54) is 18.2 Å². The van der Waals surface area contributed by atoms with Gasteiger partial charge in [-0.15, -0.1) is 0 Å². The predicted molar refractivity (Wildman–Crippen MR) is 73.4 cm³/mol. The maximum atomic E-state index is 12.4. The molecular weight excluding hydrogens is 256 g/mol. The molecule has 1 atom stereocenters. The van der Waals surface area contributed by atoms with Gasteiger partial charge in [0, 0.05) is 12.0 Å². The van der Waals surface area contributed by atoms with Crippen LogP contribution in [0.4, 0.5) is 0 Å². The molecule has 102 valence electrons. The molecule has 0 saturated heterocycles. The van der Waals surface area contributed by atoms with Crippen molar-refractivity contribution in [1.82, 2.24) is 0 Å². The van der Waals surface area contributed by atoms with E-state index in [-0.39, 0.29) is 28.7 Å². The van der Waals surface area contributed by atoms with Crippen molar-refractivity contribution < 1.29 is 19.7 Å². The van der Waals surface area contributed by atoms with Gasteiger partial charge < -0.3 is 14.9 Å². The molecule has 3 rings (SSSR count). The van der Waals surface area contributed by atoms with Crippen LogP contribution in [-0.4, -0.2) is 22.1 Å². The van der Waals surface area contributed by atoms with Crippen LogP contribution in [0.2, 0.25) is 0 Å². The van der Waals surface area contributed by atoms with Gasteiger partial charge in [-0.2, -0.15) is 0 Å². The van der Waals surface area contributed by atoms with Crippen LogP contribution in [0.15, 0.2) is 36.4 Å². The Balaban J connectivity index is 2.06. The molecular formula is C16H14O4. The van der Waals surface area contributed by atoms with Crippen LogP contribution in [0.3, 0.4) is 0 Å². The standard InChI is InChI=1S/C16H14O4/c1-9-8-12-14(20-9)7-6-11(16(12)19)15(18)10-4-2-3-5-13(10)17/h2-7,9,17,19H,8H2,1H3. The lowest BCUT2D eigenvalue weighted by molar-refractivity contribution is 0.103. The summed E-state index contributed by atoms with van der Waals surface area (Å²) in [6.07, 6.45) is 0.564. The fraction of sp³-hybridized carbons (Fsp3) is 0.188. The van der Waals surface area contributed by atoms with Gasteiger partial charge in [-0.3, -0.25) is 4.79 Å². The molecule has 0 fully saturated rings. The lowest BCUT2D eigenvalue weighted by atomic mass is 9.98. The van der Waals surface area contributed by atoms with Crippen molar-refractivity contribution >= 4 is 5.78 Å². The summed E-state index contributed by atoms with van der Waals surface area (Å²) >= 11 is 0. The molecule has 1 aliphatic heterocycles. The number of carbonyl (C=O) groups is 1. The molecule has 0 radical (unpaired) electrons. The Morgan fingerprint density at radius 2 is 1.90 bits per heavy atom. The number of fused-ring (bicyclic) bond motifs is 1. The number of rotatable bonds is 2. The van der Waals surface area contributed by atoms with Crippen LogP contribution < -0.4 is 4.74 Å². The predicted octanol–water partition coefficient (Wildman–Crippen LogP) is 2.65. The molecule has 0 bridgehead atoms. The highest BCUT2D eigenvalue weighted by Gasteiger charge is 2.27. The van der Waals surface area contributed by atoms with Gasteiger partial charge >= 0.3 is 0 Å². The summed E-state index contributed by atoms with van der Waals surface area (Å²) < 4.78 is 5.53. The summed E-state index contributed by atoms with van der Waals surface area (Å²) in [4.78, 5) is 12.4. The highest BCUT2D eigenvalue weighted by molar-refractivity contribution is 6.12. The van der Waals surface area contributed by atoms with Gasteiger partial charge in [-0.25, -0.2) is 0 Å². The fourth-order valence-electron chi connectivity index (χ4n) is 2.47. The van der Waals surface area contributed by atoms with Crippen molar-refractivity contribution in [3.8, 4) is 17.2 Å². The van der Waals surface area contributed by atoms with Crippen LogP contribution in [-0.2, 0) is 6.42 Å². The third-order valence-electron chi connectivity index (χ3n) is 3.45. The Morgan fingerprint density at radius 1 is 1.15 bits per heavy atom. The smallest absolute Gasteiger partial charge is 0.200 e. The molecule has 4 heteroatoms. The van der Waals surface area contributed by atoms with Gasteiger partial charge in [-0.1, -0.05) is 12.1 Å². The minimum absolute atomic E-state index is 0.00798. The zero-order valence-electron chi connectivity index (χ0n) is 11.0. The maximum absolute atomic E-state index is 12.4. The van der Waals surface area contributed by atoms with E-state index in [2.05, 4.69) is 0 Å². The second-order valence-corrected chi connectivity index (χ2v) is 4.92. The molecule has 0 aliphatic carbocycles. The number of benzene rings is 2. The van der Waals surface area contributed by atoms with Crippen molar-refractivity contribution in [3.63, 3.8) is 0 Å². The Hall–Kier alpha value is -2.49. The Kier molecular flexibility index (Phi) is 2.86. The Morgan fingerprint density at radius 3 is 2.65 bits per heavy atom. The zero-order valence-corrected chi connectivity index (χ0v) is 11.0. The lowest BCUT2D eigenvalue weighted by Gasteiger charge is -2.08. The quantitative estimate of drug-likeness (QED) is 0.823. The molecule has 1 unspecified atom stereocenters. The van der Waals surface area contributed by atoms with Crippen molar-refractivity contribution in [3.05, 3.63) is 53.1 Å². The second kappa shape index (κ2) is 4.56. The molecule has 2 aromatic rings. The van der Waals surface area contributed by atoms with Crippen LogP contribution in [0, 0.1) is 0 Å². The highest BCUT2D eigenvalue weighted by atomic mass is 16.5. The van der Waals surface area contributed by atoms with E-state index >= 15 is 0 Å². The van der Waals surface area contributed by atoms with Gasteiger partial charge in [0.1, 0.15) is 23.4 Å². The minimum Gasteiger partial charge on any atom is -0.507 e. The minimum atomic E-state index is -0.400. The molecule has 0 spiro atoms. The first-order valence-electron chi connectivity index (χ1n) is 6.42. The van der Waals surface area contributed by atoms with Crippen LogP contribution in [0.1, 0.15) is 28.4 Å². The molecule has 1 heterocycles. The number of hydrogen-bond acceptors (Lipinski definition) is 4. The van der Waals surface area contributed by atoms with Gasteiger partial charge in [0.05, 0.1) is 11.1 Å². The molecule has 2 N–H and O–H groups in total. The number of phenols is 2. The third kappa shape index (κ3) is 1.90. The number of ether oxygens (including phenoxy) is 1. The average molecular weight is 270 g/mol. The maximum Gasteiger partial charge on any atom is 0.200 e. The van der Waals surface area contributed by atoms with Crippen molar-refractivity contribution in [2.24, 2.45) is 0 Å². The summed E-state index contributed by atoms with van der Waals surface area (Å²) in [5, 5.41) is 20.0. The number of aromatic hydroxyl groups is 2. The Bertz CT molecular complexity index is 691. The topological polar surface area (TPSA) is 66.8 Å². The van der Waals surface area contributed by atoms with E-state index < -0.39 is 5.78 Å². The van der Waals surface area contributed by atoms with Crippen LogP contribution in [0.5, 0.6) is 17.2 Å². The summed E-state index contributed by atoms with van der Waals surface area (Å²) in [5.74, 6) is 0.0638. The zero-order chi connectivity index (χ0) is 14.3. The van der Waals surface area contributed by atoms with Crippen LogP contribution in [0.25, 0.3) is 0 Å². The van der Waals surface area contributed by atoms with E-state index in [1.54, 1.807) is 18.2 Å². The van der Waals surface area contributed by atoms with E-state index in [4.69, 9.17) is 4.74 Å². The molecule has 4 nitrogen and oxygen atoms in total. The van der Waals surface area contributed by atoms with E-state index in [0.717, 1.165) is 0 Å². The summed E-state index contributed by atoms with van der Waals surface area (Å²) in [5.41, 5.74) is 1.01. The monoisotopic (exact) mass is 270 g/mol. The van der Waals surface area contributed by atoms with E-state index in [1.807, 2.05) is 6.92 Å². The molecule has 20 heavy (non-hydrogen) atoms. The van der Waals surface area contributed by atoms with E-state index in [0.29, 0.717) is 17.7 Å². The molecule has 1 aliphatic rings. The van der Waals surface area contributed by atoms with Gasteiger partial charge in [0.2, 0.25) is 0 Å². The third-order valence-corrected chi connectivity index (χ3v) is 3.45. The molecule has 2 aromatic carbocycles. The van der Waals surface area contributed by atoms with Gasteiger partial charge in [0.15, 0.2) is 5.78 Å². The molecule has 0 amide bonds. The number of phenolic OH excluding ortho intramolecular Hbond substituents is 2. The number of carbonyl (C=O) groups excluding carboxylic acids is 1. The first-order valence-corrected chi connectivity index (χ1v) is 6.42. The normalized spacial score (nSPS) is 16.6. The molecule has 0 aromatic heterocycles. The molecule has 0 saturated carbocycles. The second-order valence-electron chi connectivity index (χ2n) is 4.92. The Labute approximate surface area is 116 Å². The number of para-hydroxylation sites is 1. The fourth-order valence-corrected chi connectivity index (χ4v) is 2.47. The van der Waals surface area contributed by atoms with E-state index in [9.17, 15) is 15.0 Å². The SMILES string of the molecule is CC1Cc2c(ccc(C(=O)c3ccccc3O)c2O)O1. The summed E-state index contributed by atoms with van der Waals surface area (Å²) in [6, 6.07) is 9.51. The van der Waals surface area contributed by atoms with Gasteiger partial charge in [0.25, 0.3) is 0 Å². The summed E-state index contributed by atoms with van der Waals surface area (Å²) in [6.45, 7) is 1.91. The van der Waals surface area contributed by atoms with Gasteiger partial charge in [-0.05, 0) is 31.2 Å². The van der Waals surface area contributed by atoms with Crippen molar-refractivity contribution in [2.75, 3.05) is 0 Å². The van der Waals surface area contributed by atoms with Crippen LogP contribution >= 0.6 is 0 Å². The highest BCUT2D eigenvalue weighted by Crippen LogP contribution is 2.38. The van der Waals surface area contributed by atoms with Crippen molar-refractivity contribution in [2.45, 2.75) is 19.4 Å². The first-order chi connectivity index (χ1) is 9.58. The van der Waals surface area contributed by atoms with Crippen molar-refractivity contribution in [1.29, 1.82) is 0 Å². The largest absolute Gasteiger partial charge is 0.507 e. The summed E-state index contributed by atoms with van der Waals surface area (Å²) in [7, 11) is 0. The number of ketones is 1. The average Bonchev–Trinajstić information content (AvgIpc) is 2.81. The first kappa shape index (κ1) is 12.5. The number of hydrogen-bond donors (Lipinski definition) is 2. The lowest BCUT2D eigenvalue weighted by Crippen LogP contribution is -2.05.